The van der Waals surface area contributed by atoms with Crippen molar-refractivity contribution in [2.75, 3.05) is 20.2 Å². The fraction of sp³-hybridized carbons (Fsp3) is 1.00. The highest BCUT2D eigenvalue weighted by atomic mass is 16.5. The Hall–Kier alpha value is -0.120. The second-order valence-corrected chi connectivity index (χ2v) is 4.96. The highest BCUT2D eigenvalue weighted by molar-refractivity contribution is 4.87. The van der Waals surface area contributed by atoms with Gasteiger partial charge in [0.25, 0.3) is 0 Å². The maximum Gasteiger partial charge on any atom is 0.0743 e. The van der Waals surface area contributed by atoms with Crippen molar-refractivity contribution in [1.29, 1.82) is 0 Å². The minimum absolute atomic E-state index is 0.389. The van der Waals surface area contributed by atoms with Crippen LogP contribution >= 0.6 is 0 Å². The number of hydrogen-bond donors (Lipinski definition) is 1. The molecule has 1 heterocycles. The van der Waals surface area contributed by atoms with Crippen LogP contribution in [0.5, 0.6) is 0 Å². The first-order chi connectivity index (χ1) is 7.33. The van der Waals surface area contributed by atoms with Crippen molar-refractivity contribution in [3.05, 3.63) is 0 Å². The summed E-state index contributed by atoms with van der Waals surface area (Å²) in [6, 6.07) is 1.19. The van der Waals surface area contributed by atoms with Gasteiger partial charge < -0.3 is 10.5 Å². The van der Waals surface area contributed by atoms with Crippen LogP contribution in [0.2, 0.25) is 0 Å². The molecule has 2 aliphatic rings. The van der Waals surface area contributed by atoms with Gasteiger partial charge in [0, 0.05) is 25.2 Å². The second-order valence-electron chi connectivity index (χ2n) is 4.96. The summed E-state index contributed by atoms with van der Waals surface area (Å²) in [7, 11) is 2.23. The molecule has 0 bridgehead atoms. The van der Waals surface area contributed by atoms with E-state index in [4.69, 9.17) is 10.5 Å². The quantitative estimate of drug-likeness (QED) is 0.765. The number of likely N-dealkylation sites (N-methyl/N-ethyl adjacent to an activating group) is 1. The van der Waals surface area contributed by atoms with Gasteiger partial charge in [-0.3, -0.25) is 4.90 Å². The van der Waals surface area contributed by atoms with Gasteiger partial charge in [-0.15, -0.1) is 0 Å². The summed E-state index contributed by atoms with van der Waals surface area (Å²) in [4.78, 5) is 2.49. The van der Waals surface area contributed by atoms with Crippen molar-refractivity contribution >= 4 is 0 Å². The minimum Gasteiger partial charge on any atom is -0.377 e. The monoisotopic (exact) mass is 212 g/mol. The largest absolute Gasteiger partial charge is 0.377 e. The van der Waals surface area contributed by atoms with Gasteiger partial charge in [0.15, 0.2) is 0 Å². The molecule has 2 rings (SSSR count). The summed E-state index contributed by atoms with van der Waals surface area (Å²) in [5, 5.41) is 0. The molecule has 2 unspecified atom stereocenters. The maximum atomic E-state index is 5.90. The van der Waals surface area contributed by atoms with E-state index in [0.29, 0.717) is 12.1 Å². The lowest BCUT2D eigenvalue weighted by Gasteiger charge is -2.35. The van der Waals surface area contributed by atoms with Gasteiger partial charge in [-0.1, -0.05) is 12.8 Å². The number of hydrogen-bond acceptors (Lipinski definition) is 3. The van der Waals surface area contributed by atoms with Gasteiger partial charge in [-0.2, -0.15) is 0 Å². The fourth-order valence-electron chi connectivity index (χ4n) is 3.07. The van der Waals surface area contributed by atoms with E-state index in [-0.39, 0.29) is 0 Å². The van der Waals surface area contributed by atoms with E-state index in [1.807, 2.05) is 0 Å². The molecule has 3 heteroatoms. The lowest BCUT2D eigenvalue weighted by atomic mass is 10.0. The zero-order valence-corrected chi connectivity index (χ0v) is 9.82. The zero-order valence-electron chi connectivity index (χ0n) is 9.82. The molecule has 1 saturated carbocycles. The van der Waals surface area contributed by atoms with Gasteiger partial charge in [-0.25, -0.2) is 0 Å². The van der Waals surface area contributed by atoms with Crippen molar-refractivity contribution < 1.29 is 4.74 Å². The van der Waals surface area contributed by atoms with Gasteiger partial charge in [0.05, 0.1) is 6.10 Å². The Morgan fingerprint density at radius 3 is 2.53 bits per heavy atom. The molecular weight excluding hydrogens is 188 g/mol. The smallest absolute Gasteiger partial charge is 0.0743 e. The Bertz CT molecular complexity index is 186. The molecule has 0 amide bonds. The molecule has 2 atom stereocenters. The molecule has 1 aliphatic carbocycles. The SMILES string of the molecule is CN(C1CCCC1)C(CN)C1CCCO1. The van der Waals surface area contributed by atoms with Gasteiger partial charge in [-0.05, 0) is 32.7 Å². The molecule has 0 spiro atoms. The Morgan fingerprint density at radius 2 is 2.00 bits per heavy atom. The molecule has 2 fully saturated rings. The van der Waals surface area contributed by atoms with Crippen LogP contribution in [0.1, 0.15) is 38.5 Å². The molecular formula is C12H24N2O. The first-order valence-electron chi connectivity index (χ1n) is 6.36. The van der Waals surface area contributed by atoms with E-state index < -0.39 is 0 Å². The fourth-order valence-corrected chi connectivity index (χ4v) is 3.07. The Balaban J connectivity index is 1.91. The summed E-state index contributed by atoms with van der Waals surface area (Å²) >= 11 is 0. The summed E-state index contributed by atoms with van der Waals surface area (Å²) in [6.45, 7) is 1.66. The minimum atomic E-state index is 0.389. The average Bonchev–Trinajstić information content (AvgIpc) is 2.91. The van der Waals surface area contributed by atoms with Gasteiger partial charge in [0.1, 0.15) is 0 Å². The molecule has 0 aromatic heterocycles. The standard InChI is InChI=1S/C12H24N2O/c1-14(10-5-2-3-6-10)11(9-13)12-7-4-8-15-12/h10-12H,2-9,13H2,1H3. The van der Waals surface area contributed by atoms with Crippen molar-refractivity contribution in [2.45, 2.75) is 56.7 Å². The van der Waals surface area contributed by atoms with E-state index in [1.165, 1.54) is 38.5 Å². The van der Waals surface area contributed by atoms with Crippen LogP contribution in [-0.4, -0.2) is 43.3 Å². The first-order valence-corrected chi connectivity index (χ1v) is 6.36. The van der Waals surface area contributed by atoms with E-state index in [9.17, 15) is 0 Å². The summed E-state index contributed by atoms with van der Waals surface area (Å²) in [6.07, 6.45) is 8.26. The summed E-state index contributed by atoms with van der Waals surface area (Å²) in [5.74, 6) is 0. The summed E-state index contributed by atoms with van der Waals surface area (Å²) in [5.41, 5.74) is 5.90. The number of ether oxygens (including phenoxy) is 1. The Kier molecular flexibility index (Phi) is 4.00. The maximum absolute atomic E-state index is 5.90. The molecule has 1 aliphatic heterocycles. The Morgan fingerprint density at radius 1 is 1.27 bits per heavy atom. The third kappa shape index (κ3) is 2.52. The number of rotatable bonds is 4. The van der Waals surface area contributed by atoms with E-state index in [2.05, 4.69) is 11.9 Å². The van der Waals surface area contributed by atoms with Crippen LogP contribution in [0, 0.1) is 0 Å². The molecule has 2 N–H and O–H groups in total. The number of nitrogens with two attached hydrogens (primary N) is 1. The molecule has 0 aromatic carbocycles. The second kappa shape index (κ2) is 5.28. The Labute approximate surface area is 93.0 Å². The highest BCUT2D eigenvalue weighted by Gasteiger charge is 2.32. The van der Waals surface area contributed by atoms with Crippen molar-refractivity contribution in [3.8, 4) is 0 Å². The third-order valence-electron chi connectivity index (χ3n) is 4.06. The molecule has 15 heavy (non-hydrogen) atoms. The van der Waals surface area contributed by atoms with Crippen molar-refractivity contribution in [1.82, 2.24) is 4.90 Å². The lowest BCUT2D eigenvalue weighted by Crippen LogP contribution is -2.49. The molecule has 3 nitrogen and oxygen atoms in total. The summed E-state index contributed by atoms with van der Waals surface area (Å²) < 4.78 is 5.77. The zero-order chi connectivity index (χ0) is 10.7. The topological polar surface area (TPSA) is 38.5 Å². The van der Waals surface area contributed by atoms with Gasteiger partial charge in [0.2, 0.25) is 0 Å². The van der Waals surface area contributed by atoms with Crippen molar-refractivity contribution in [3.63, 3.8) is 0 Å². The van der Waals surface area contributed by atoms with Crippen molar-refractivity contribution in [2.24, 2.45) is 5.73 Å². The first kappa shape index (κ1) is 11.4. The van der Waals surface area contributed by atoms with E-state index in [1.54, 1.807) is 0 Å². The van der Waals surface area contributed by atoms with Crippen LogP contribution in [0.3, 0.4) is 0 Å². The predicted molar refractivity (Wildman–Crippen MR) is 61.8 cm³/mol. The van der Waals surface area contributed by atoms with Crippen LogP contribution in [0.25, 0.3) is 0 Å². The highest BCUT2D eigenvalue weighted by Crippen LogP contribution is 2.27. The van der Waals surface area contributed by atoms with Crippen LogP contribution in [0.4, 0.5) is 0 Å². The number of nitrogens with zero attached hydrogens (tertiary/aromatic N) is 1. The van der Waals surface area contributed by atoms with Gasteiger partial charge >= 0.3 is 0 Å². The predicted octanol–water partition coefficient (Wildman–Crippen LogP) is 1.37. The lowest BCUT2D eigenvalue weighted by molar-refractivity contribution is 0.0220. The average molecular weight is 212 g/mol. The third-order valence-corrected chi connectivity index (χ3v) is 4.06. The van der Waals surface area contributed by atoms with E-state index >= 15 is 0 Å². The van der Waals surface area contributed by atoms with Crippen LogP contribution < -0.4 is 5.73 Å². The van der Waals surface area contributed by atoms with E-state index in [0.717, 1.165) is 19.2 Å². The van der Waals surface area contributed by atoms with Crippen LogP contribution in [-0.2, 0) is 4.74 Å². The van der Waals surface area contributed by atoms with Crippen LogP contribution in [0.15, 0.2) is 0 Å². The molecule has 1 saturated heterocycles. The molecule has 0 aromatic rings. The normalized spacial score (nSPS) is 30.2. The molecule has 0 radical (unpaired) electrons. The molecule has 88 valence electrons.